The number of benzene rings is 1. The van der Waals surface area contributed by atoms with Gasteiger partial charge in [0.1, 0.15) is 5.75 Å². The van der Waals surface area contributed by atoms with Gasteiger partial charge in [0.2, 0.25) is 0 Å². The van der Waals surface area contributed by atoms with Crippen LogP contribution in [0.15, 0.2) is 30.3 Å². The average molecular weight is 289 g/mol. The van der Waals surface area contributed by atoms with Crippen LogP contribution >= 0.6 is 0 Å². The summed E-state index contributed by atoms with van der Waals surface area (Å²) in [5.41, 5.74) is 0.726. The van der Waals surface area contributed by atoms with Crippen LogP contribution in [0.1, 0.15) is 35.9 Å². The molecule has 1 heterocycles. The van der Waals surface area contributed by atoms with E-state index in [-0.39, 0.29) is 5.69 Å². The monoisotopic (exact) mass is 289 g/mol. The molecule has 0 aliphatic heterocycles. The van der Waals surface area contributed by atoms with E-state index in [0.717, 1.165) is 18.6 Å². The summed E-state index contributed by atoms with van der Waals surface area (Å²) in [7, 11) is 0. The van der Waals surface area contributed by atoms with E-state index in [9.17, 15) is 4.79 Å². The maximum absolute atomic E-state index is 11.0. The average Bonchev–Trinajstić information content (AvgIpc) is 2.91. The minimum Gasteiger partial charge on any atom is -0.494 e. The highest BCUT2D eigenvalue weighted by molar-refractivity contribution is 5.86. The number of aromatic carboxylic acids is 1. The van der Waals surface area contributed by atoms with E-state index in [1.165, 1.54) is 0 Å². The number of hydrogen-bond acceptors (Lipinski definition) is 4. The molecule has 0 bridgehead atoms. The van der Waals surface area contributed by atoms with Crippen LogP contribution in [0.5, 0.6) is 5.75 Å². The molecule has 0 spiro atoms. The SMILES string of the molecule is CCc1c(C(=O)O)nnn1CCCCOc1ccccc1. The van der Waals surface area contributed by atoms with Gasteiger partial charge >= 0.3 is 5.97 Å². The third-order valence-electron chi connectivity index (χ3n) is 3.15. The summed E-state index contributed by atoms with van der Waals surface area (Å²) >= 11 is 0. The number of ether oxygens (including phenoxy) is 1. The Balaban J connectivity index is 1.77. The minimum atomic E-state index is -1.02. The summed E-state index contributed by atoms with van der Waals surface area (Å²) in [5.74, 6) is -0.161. The van der Waals surface area contributed by atoms with Crippen molar-refractivity contribution in [3.8, 4) is 5.75 Å². The number of hydrogen-bond donors (Lipinski definition) is 1. The van der Waals surface area contributed by atoms with Gasteiger partial charge in [-0.15, -0.1) is 5.10 Å². The van der Waals surface area contributed by atoms with Crippen molar-refractivity contribution in [3.63, 3.8) is 0 Å². The molecule has 0 amide bonds. The van der Waals surface area contributed by atoms with Crippen molar-refractivity contribution in [2.45, 2.75) is 32.7 Å². The van der Waals surface area contributed by atoms with E-state index < -0.39 is 5.97 Å². The molecule has 0 aliphatic carbocycles. The predicted octanol–water partition coefficient (Wildman–Crippen LogP) is 2.40. The zero-order valence-corrected chi connectivity index (χ0v) is 12.0. The molecule has 0 aliphatic rings. The molecule has 2 aromatic rings. The number of carboxylic acid groups (broad SMARTS) is 1. The van der Waals surface area contributed by atoms with Gasteiger partial charge in [-0.2, -0.15) is 0 Å². The van der Waals surface area contributed by atoms with Crippen molar-refractivity contribution in [1.29, 1.82) is 0 Å². The van der Waals surface area contributed by atoms with E-state index in [4.69, 9.17) is 9.84 Å². The van der Waals surface area contributed by atoms with Crippen molar-refractivity contribution < 1.29 is 14.6 Å². The van der Waals surface area contributed by atoms with E-state index in [0.29, 0.717) is 25.3 Å². The normalized spacial score (nSPS) is 10.5. The van der Waals surface area contributed by atoms with Crippen LogP contribution in [0, 0.1) is 0 Å². The molecule has 1 aromatic heterocycles. The van der Waals surface area contributed by atoms with Gasteiger partial charge in [-0.05, 0) is 31.4 Å². The highest BCUT2D eigenvalue weighted by Gasteiger charge is 2.16. The second-order valence-electron chi connectivity index (χ2n) is 4.64. The number of aromatic nitrogens is 3. The van der Waals surface area contributed by atoms with Crippen LogP contribution in [0.2, 0.25) is 0 Å². The summed E-state index contributed by atoms with van der Waals surface area (Å²) in [6.45, 7) is 3.19. The molecule has 21 heavy (non-hydrogen) atoms. The third kappa shape index (κ3) is 4.05. The van der Waals surface area contributed by atoms with E-state index in [1.54, 1.807) is 4.68 Å². The molecule has 6 heteroatoms. The Bertz CT molecular complexity index is 581. The Kier molecular flexibility index (Phi) is 5.31. The van der Waals surface area contributed by atoms with Crippen LogP contribution in [0.4, 0.5) is 0 Å². The predicted molar refractivity (Wildman–Crippen MR) is 77.5 cm³/mol. The smallest absolute Gasteiger partial charge is 0.358 e. The Labute approximate surface area is 123 Å². The standard InChI is InChI=1S/C15H19N3O3/c1-2-13-14(15(19)20)16-17-18(13)10-6-7-11-21-12-8-4-3-5-9-12/h3-5,8-9H,2,6-7,10-11H2,1H3,(H,19,20). The Hall–Kier alpha value is -2.37. The molecule has 1 aromatic carbocycles. The summed E-state index contributed by atoms with van der Waals surface area (Å²) in [4.78, 5) is 11.0. The molecular weight excluding hydrogens is 270 g/mol. The summed E-state index contributed by atoms with van der Waals surface area (Å²) < 4.78 is 7.28. The van der Waals surface area contributed by atoms with Crippen molar-refractivity contribution in [2.75, 3.05) is 6.61 Å². The molecule has 112 valence electrons. The molecule has 0 unspecified atom stereocenters. The molecular formula is C15H19N3O3. The lowest BCUT2D eigenvalue weighted by Crippen LogP contribution is -2.09. The van der Waals surface area contributed by atoms with Gasteiger partial charge in [-0.3, -0.25) is 0 Å². The van der Waals surface area contributed by atoms with Crippen molar-refractivity contribution >= 4 is 5.97 Å². The van der Waals surface area contributed by atoms with Gasteiger partial charge in [-0.1, -0.05) is 30.3 Å². The molecule has 2 rings (SSSR count). The van der Waals surface area contributed by atoms with Gasteiger partial charge < -0.3 is 9.84 Å². The summed E-state index contributed by atoms with van der Waals surface area (Å²) in [5, 5.41) is 16.6. The second kappa shape index (κ2) is 7.42. The van der Waals surface area contributed by atoms with Crippen LogP contribution in [0.3, 0.4) is 0 Å². The van der Waals surface area contributed by atoms with Crippen LogP contribution in [0.25, 0.3) is 0 Å². The summed E-state index contributed by atoms with van der Waals surface area (Å²) in [6, 6.07) is 9.67. The molecule has 1 N–H and O–H groups in total. The minimum absolute atomic E-state index is 0.0537. The number of nitrogens with zero attached hydrogens (tertiary/aromatic N) is 3. The Morgan fingerprint density at radius 3 is 2.71 bits per heavy atom. The summed E-state index contributed by atoms with van der Waals surface area (Å²) in [6.07, 6.45) is 2.34. The zero-order valence-electron chi connectivity index (χ0n) is 12.0. The van der Waals surface area contributed by atoms with Gasteiger partial charge in [0.05, 0.1) is 12.3 Å². The Morgan fingerprint density at radius 1 is 1.29 bits per heavy atom. The van der Waals surface area contributed by atoms with E-state index in [2.05, 4.69) is 10.3 Å². The van der Waals surface area contributed by atoms with Gasteiger partial charge in [-0.25, -0.2) is 9.48 Å². The first-order chi connectivity index (χ1) is 10.2. The largest absolute Gasteiger partial charge is 0.494 e. The number of aryl methyl sites for hydroxylation is 1. The first-order valence-corrected chi connectivity index (χ1v) is 7.06. The quantitative estimate of drug-likeness (QED) is 0.755. The van der Waals surface area contributed by atoms with Gasteiger partial charge in [0, 0.05) is 6.54 Å². The molecule has 0 fully saturated rings. The maximum Gasteiger partial charge on any atom is 0.358 e. The fourth-order valence-corrected chi connectivity index (χ4v) is 2.10. The van der Waals surface area contributed by atoms with Gasteiger partial charge in [0.15, 0.2) is 5.69 Å². The molecule has 0 saturated carbocycles. The first-order valence-electron chi connectivity index (χ1n) is 7.06. The second-order valence-corrected chi connectivity index (χ2v) is 4.64. The molecule has 0 atom stereocenters. The lowest BCUT2D eigenvalue weighted by Gasteiger charge is -2.07. The highest BCUT2D eigenvalue weighted by atomic mass is 16.5. The van der Waals surface area contributed by atoms with E-state index >= 15 is 0 Å². The molecule has 0 saturated heterocycles. The lowest BCUT2D eigenvalue weighted by molar-refractivity contribution is 0.0689. The van der Waals surface area contributed by atoms with Crippen molar-refractivity contribution in [1.82, 2.24) is 15.0 Å². The number of para-hydroxylation sites is 1. The van der Waals surface area contributed by atoms with Crippen molar-refractivity contribution in [2.24, 2.45) is 0 Å². The Morgan fingerprint density at radius 2 is 2.05 bits per heavy atom. The van der Waals surface area contributed by atoms with E-state index in [1.807, 2.05) is 37.3 Å². The van der Waals surface area contributed by atoms with Gasteiger partial charge in [0.25, 0.3) is 0 Å². The van der Waals surface area contributed by atoms with Crippen LogP contribution in [-0.2, 0) is 13.0 Å². The highest BCUT2D eigenvalue weighted by Crippen LogP contribution is 2.10. The fourth-order valence-electron chi connectivity index (χ4n) is 2.10. The zero-order chi connectivity index (χ0) is 15.1. The van der Waals surface area contributed by atoms with Crippen LogP contribution in [-0.4, -0.2) is 32.7 Å². The topological polar surface area (TPSA) is 77.2 Å². The van der Waals surface area contributed by atoms with Crippen LogP contribution < -0.4 is 4.74 Å². The maximum atomic E-state index is 11.0. The number of carboxylic acids is 1. The lowest BCUT2D eigenvalue weighted by atomic mass is 10.2. The number of unbranched alkanes of at least 4 members (excludes halogenated alkanes) is 1. The first kappa shape index (κ1) is 15.0. The number of rotatable bonds is 8. The molecule has 0 radical (unpaired) electrons. The third-order valence-corrected chi connectivity index (χ3v) is 3.15. The van der Waals surface area contributed by atoms with Crippen molar-refractivity contribution in [3.05, 3.63) is 41.7 Å². The fraction of sp³-hybridized carbons (Fsp3) is 0.400. The number of carbonyl (C=O) groups is 1. The molecule has 6 nitrogen and oxygen atoms in total.